The van der Waals surface area contributed by atoms with E-state index in [0.29, 0.717) is 17.9 Å². The summed E-state index contributed by atoms with van der Waals surface area (Å²) in [6.07, 6.45) is 3.61. The van der Waals surface area contributed by atoms with E-state index >= 15 is 0 Å². The van der Waals surface area contributed by atoms with Gasteiger partial charge < -0.3 is 29.3 Å². The van der Waals surface area contributed by atoms with Gasteiger partial charge in [0.15, 0.2) is 0 Å². The van der Waals surface area contributed by atoms with Crippen molar-refractivity contribution in [2.24, 2.45) is 16.5 Å². The zero-order valence-electron chi connectivity index (χ0n) is 17.0. The molecule has 2 aromatic rings. The molecule has 2 aliphatic rings. The predicted molar refractivity (Wildman–Crippen MR) is 119 cm³/mol. The SMILES string of the molecule is [B]N=POC(=O)C1=C(SCCc2cn3cc(N)ccc3n2)[C@H](C)C2C(C(C)O)C(=O)N12. The lowest BCUT2D eigenvalue weighted by Crippen LogP contribution is -2.63. The fraction of sp³-hybridized carbons (Fsp3) is 0.421. The van der Waals surface area contributed by atoms with Gasteiger partial charge in [-0.3, -0.25) is 4.79 Å². The topological polar surface area (TPSA) is 123 Å². The van der Waals surface area contributed by atoms with Crippen LogP contribution in [0.1, 0.15) is 19.5 Å². The van der Waals surface area contributed by atoms with E-state index in [1.807, 2.05) is 29.8 Å². The zero-order valence-corrected chi connectivity index (χ0v) is 18.7. The Labute approximate surface area is 186 Å². The summed E-state index contributed by atoms with van der Waals surface area (Å²) in [4.78, 5) is 32.1. The van der Waals surface area contributed by atoms with Crippen LogP contribution in [0.2, 0.25) is 0 Å². The number of amides is 1. The number of nitrogens with two attached hydrogens (primary N) is 1. The van der Waals surface area contributed by atoms with Gasteiger partial charge in [0.05, 0.1) is 23.8 Å². The number of thioether (sulfide) groups is 1. The first kappa shape index (κ1) is 21.9. The molecule has 1 amide bonds. The average Bonchev–Trinajstić information content (AvgIpc) is 3.22. The summed E-state index contributed by atoms with van der Waals surface area (Å²) in [5, 5.41) is 10.0. The van der Waals surface area contributed by atoms with E-state index in [2.05, 4.69) is 9.64 Å². The molecular formula is C19H21BN5O4PS. The van der Waals surface area contributed by atoms with Crippen LogP contribution in [-0.4, -0.2) is 57.1 Å². The lowest BCUT2D eigenvalue weighted by atomic mass is 9.79. The highest BCUT2D eigenvalue weighted by molar-refractivity contribution is 8.03. The van der Waals surface area contributed by atoms with E-state index in [1.54, 1.807) is 13.0 Å². The van der Waals surface area contributed by atoms with Gasteiger partial charge in [0.25, 0.3) is 7.98 Å². The molecule has 0 aromatic carbocycles. The summed E-state index contributed by atoms with van der Waals surface area (Å²) in [5.41, 5.74) is 8.41. The number of fused-ring (bicyclic) bond motifs is 2. The van der Waals surface area contributed by atoms with E-state index in [1.165, 1.54) is 16.7 Å². The number of carbonyl (C=O) groups excluding carboxylic acids is 2. The summed E-state index contributed by atoms with van der Waals surface area (Å²) in [5.74, 6) is -0.890. The van der Waals surface area contributed by atoms with Crippen molar-refractivity contribution in [1.29, 1.82) is 0 Å². The molecule has 0 saturated carbocycles. The number of anilines is 1. The average molecular weight is 457 g/mol. The Bertz CT molecular complexity index is 1100. The standard InChI is InChI=1S/C19H21BN5O4PS/c1-9-15-14(10(2)26)18(27)25(15)16(19(28)29-30-23-20)17(9)31-6-5-12-8-24-7-11(21)3-4-13(24)22-12/h3-4,7-10,14-15,26H,5-6,21H2,1-2H3/t9-,10?,14?,15?/m1/s1. The van der Waals surface area contributed by atoms with E-state index in [4.69, 9.17) is 18.2 Å². The van der Waals surface area contributed by atoms with E-state index in [-0.39, 0.29) is 32.2 Å². The van der Waals surface area contributed by atoms with E-state index < -0.39 is 18.0 Å². The van der Waals surface area contributed by atoms with Crippen molar-refractivity contribution in [1.82, 2.24) is 14.3 Å². The molecule has 12 heteroatoms. The predicted octanol–water partition coefficient (Wildman–Crippen LogP) is 1.93. The van der Waals surface area contributed by atoms with Crippen LogP contribution in [0, 0.1) is 11.8 Å². The molecule has 2 aromatic heterocycles. The molecule has 2 aliphatic heterocycles. The van der Waals surface area contributed by atoms with Gasteiger partial charge in [0.1, 0.15) is 11.3 Å². The number of pyridine rings is 1. The maximum absolute atomic E-state index is 12.7. The number of β-lactam (4-membered cyclic amide) rings is 1. The lowest BCUT2D eigenvalue weighted by molar-refractivity contribution is -0.162. The second-order valence-corrected chi connectivity index (χ2v) is 9.31. The number of hydrogen-bond donors (Lipinski definition) is 2. The van der Waals surface area contributed by atoms with Crippen molar-refractivity contribution in [2.75, 3.05) is 11.5 Å². The highest BCUT2D eigenvalue weighted by Crippen LogP contribution is 2.50. The fourth-order valence-electron chi connectivity index (χ4n) is 4.26. The van der Waals surface area contributed by atoms with Crippen LogP contribution in [0.25, 0.3) is 5.65 Å². The number of aromatic nitrogens is 2. The van der Waals surface area contributed by atoms with Crippen LogP contribution >= 0.6 is 20.4 Å². The first-order valence-corrected chi connectivity index (χ1v) is 11.5. The molecule has 1 saturated heterocycles. The number of imidazole rings is 1. The number of nitrogen functional groups attached to an aromatic ring is 1. The normalized spacial score (nSPS) is 24.0. The van der Waals surface area contributed by atoms with Crippen molar-refractivity contribution < 1.29 is 19.2 Å². The van der Waals surface area contributed by atoms with Gasteiger partial charge in [0, 0.05) is 41.1 Å². The van der Waals surface area contributed by atoms with Crippen LogP contribution in [0.15, 0.2) is 39.8 Å². The van der Waals surface area contributed by atoms with Gasteiger partial charge >= 0.3 is 5.97 Å². The van der Waals surface area contributed by atoms with E-state index in [9.17, 15) is 14.7 Å². The molecule has 31 heavy (non-hydrogen) atoms. The number of hydrogen-bond acceptors (Lipinski definition) is 8. The first-order chi connectivity index (χ1) is 14.8. The Kier molecular flexibility index (Phi) is 6.10. The van der Waals surface area contributed by atoms with Crippen LogP contribution in [0.5, 0.6) is 0 Å². The minimum Gasteiger partial charge on any atom is -0.398 e. The van der Waals surface area contributed by atoms with Gasteiger partial charge in [-0.25, -0.2) is 9.78 Å². The number of carbonyl (C=O) groups is 2. The van der Waals surface area contributed by atoms with Crippen molar-refractivity contribution in [3.05, 3.63) is 40.8 Å². The molecule has 2 radical (unpaired) electrons. The van der Waals surface area contributed by atoms with Gasteiger partial charge in [-0.1, -0.05) is 6.92 Å². The highest BCUT2D eigenvalue weighted by atomic mass is 32.2. The van der Waals surface area contributed by atoms with Gasteiger partial charge in [0.2, 0.25) is 14.5 Å². The van der Waals surface area contributed by atoms with Crippen molar-refractivity contribution in [3.63, 3.8) is 0 Å². The Balaban J connectivity index is 1.53. The van der Waals surface area contributed by atoms with Crippen LogP contribution in [-0.2, 0) is 20.5 Å². The maximum Gasteiger partial charge on any atom is 0.365 e. The Morgan fingerprint density at radius 1 is 1.48 bits per heavy atom. The highest BCUT2D eigenvalue weighted by Gasteiger charge is 2.60. The molecule has 3 unspecified atom stereocenters. The van der Waals surface area contributed by atoms with Crippen molar-refractivity contribution >= 4 is 51.6 Å². The fourth-order valence-corrected chi connectivity index (χ4v) is 5.72. The molecule has 1 fully saturated rings. The number of rotatable bonds is 7. The minimum atomic E-state index is -0.791. The van der Waals surface area contributed by atoms with Crippen molar-refractivity contribution in [3.8, 4) is 0 Å². The quantitative estimate of drug-likeness (QED) is 0.370. The maximum atomic E-state index is 12.7. The third-order valence-electron chi connectivity index (χ3n) is 5.61. The summed E-state index contributed by atoms with van der Waals surface area (Å²) in [6.45, 7) is 3.55. The molecule has 4 atom stereocenters. The molecule has 160 valence electrons. The minimum absolute atomic E-state index is 0.0355. The second kappa shape index (κ2) is 8.65. The first-order valence-electron chi connectivity index (χ1n) is 9.76. The van der Waals surface area contributed by atoms with Gasteiger partial charge in [-0.2, -0.15) is 0 Å². The molecule has 3 N–H and O–H groups in total. The Morgan fingerprint density at radius 2 is 2.26 bits per heavy atom. The molecule has 0 aliphatic carbocycles. The Morgan fingerprint density at radius 3 is 2.97 bits per heavy atom. The van der Waals surface area contributed by atoms with Crippen molar-refractivity contribution in [2.45, 2.75) is 32.4 Å². The number of aliphatic hydroxyl groups is 1. The summed E-state index contributed by atoms with van der Waals surface area (Å²) in [6, 6.07) is 3.40. The van der Waals surface area contributed by atoms with Gasteiger partial charge in [-0.05, 0) is 19.1 Å². The third-order valence-corrected chi connectivity index (χ3v) is 7.24. The third kappa shape index (κ3) is 3.86. The number of aryl methyl sites for hydroxylation is 1. The van der Waals surface area contributed by atoms with Crippen LogP contribution < -0.4 is 5.73 Å². The monoisotopic (exact) mass is 457 g/mol. The van der Waals surface area contributed by atoms with Gasteiger partial charge in [-0.15, -0.1) is 11.8 Å². The smallest absolute Gasteiger partial charge is 0.365 e. The Hall–Kier alpha value is -2.36. The lowest BCUT2D eigenvalue weighted by Gasteiger charge is -2.46. The van der Waals surface area contributed by atoms with Crippen LogP contribution in [0.3, 0.4) is 0 Å². The molecule has 4 rings (SSSR count). The number of aliphatic hydroxyl groups excluding tert-OH is 1. The molecule has 4 heterocycles. The molecule has 0 spiro atoms. The zero-order chi connectivity index (χ0) is 22.3. The van der Waals surface area contributed by atoms with E-state index in [0.717, 1.165) is 16.2 Å². The summed E-state index contributed by atoms with van der Waals surface area (Å²) >= 11 is 1.50. The summed E-state index contributed by atoms with van der Waals surface area (Å²) in [7, 11) is 5.04. The molecule has 9 nitrogen and oxygen atoms in total. The largest absolute Gasteiger partial charge is 0.398 e. The molecular weight excluding hydrogens is 436 g/mol. The number of nitrogens with zero attached hydrogens (tertiary/aromatic N) is 4. The summed E-state index contributed by atoms with van der Waals surface area (Å²) < 4.78 is 10.2. The van der Waals surface area contributed by atoms with Crippen LogP contribution in [0.4, 0.5) is 5.69 Å². The molecule has 0 bridgehead atoms. The second-order valence-electron chi connectivity index (χ2n) is 7.60.